The Morgan fingerprint density at radius 1 is 1.36 bits per heavy atom. The summed E-state index contributed by atoms with van der Waals surface area (Å²) >= 11 is 0. The minimum Gasteiger partial charge on any atom is -0.489 e. The van der Waals surface area contributed by atoms with Gasteiger partial charge in [0.15, 0.2) is 0 Å². The number of amides is 1. The number of rotatable bonds is 8. The lowest BCUT2D eigenvalue weighted by atomic mass is 10.2. The zero-order chi connectivity index (χ0) is 15.6. The van der Waals surface area contributed by atoms with E-state index in [1.54, 1.807) is 18.2 Å². The Hall–Kier alpha value is -1.85. The maximum absolute atomic E-state index is 12.2. The first-order chi connectivity index (χ1) is 10.8. The Labute approximate surface area is 131 Å². The first-order valence-electron chi connectivity index (χ1n) is 7.72. The van der Waals surface area contributed by atoms with Gasteiger partial charge >= 0.3 is 0 Å². The fraction of sp³-hybridized carbons (Fsp3) is 0.471. The van der Waals surface area contributed by atoms with Crippen molar-refractivity contribution in [2.75, 3.05) is 46.0 Å². The molecule has 0 bridgehead atoms. The smallest absolute Gasteiger partial charge is 0.255 e. The van der Waals surface area contributed by atoms with Crippen molar-refractivity contribution in [1.29, 1.82) is 0 Å². The lowest BCUT2D eigenvalue weighted by molar-refractivity contribution is 0.0374. The Morgan fingerprint density at radius 3 is 2.91 bits per heavy atom. The summed E-state index contributed by atoms with van der Waals surface area (Å²) < 4.78 is 10.8. The third-order valence-electron chi connectivity index (χ3n) is 3.53. The molecule has 1 N–H and O–H groups in total. The molecule has 1 aromatic carbocycles. The van der Waals surface area contributed by atoms with Crippen molar-refractivity contribution in [2.24, 2.45) is 0 Å². The average Bonchev–Trinajstić information content (AvgIpc) is 2.58. The molecule has 0 spiro atoms. The van der Waals surface area contributed by atoms with Gasteiger partial charge in [-0.05, 0) is 25.1 Å². The van der Waals surface area contributed by atoms with E-state index in [1.807, 2.05) is 12.1 Å². The second-order valence-corrected chi connectivity index (χ2v) is 5.16. The topological polar surface area (TPSA) is 50.8 Å². The summed E-state index contributed by atoms with van der Waals surface area (Å²) in [6.07, 6.45) is 2.60. The van der Waals surface area contributed by atoms with Gasteiger partial charge in [0.1, 0.15) is 12.4 Å². The van der Waals surface area contributed by atoms with Crippen molar-refractivity contribution in [3.63, 3.8) is 0 Å². The van der Waals surface area contributed by atoms with Crippen LogP contribution in [0.25, 0.3) is 0 Å². The number of ether oxygens (including phenoxy) is 2. The van der Waals surface area contributed by atoms with Crippen LogP contribution in [0.3, 0.4) is 0 Å². The number of benzene rings is 1. The summed E-state index contributed by atoms with van der Waals surface area (Å²) in [6, 6.07) is 7.26. The molecule has 0 saturated carbocycles. The maximum Gasteiger partial charge on any atom is 0.255 e. The number of morpholine rings is 1. The summed E-state index contributed by atoms with van der Waals surface area (Å²) in [5.74, 6) is 0.495. The fourth-order valence-corrected chi connectivity index (χ4v) is 2.35. The molecule has 1 aliphatic heterocycles. The predicted molar refractivity (Wildman–Crippen MR) is 86.3 cm³/mol. The van der Waals surface area contributed by atoms with Crippen LogP contribution < -0.4 is 10.1 Å². The molecule has 1 saturated heterocycles. The van der Waals surface area contributed by atoms with Gasteiger partial charge in [-0.1, -0.05) is 24.8 Å². The van der Waals surface area contributed by atoms with Crippen LogP contribution >= 0.6 is 0 Å². The van der Waals surface area contributed by atoms with Crippen LogP contribution in [0.2, 0.25) is 0 Å². The molecule has 1 heterocycles. The molecule has 0 atom stereocenters. The first kappa shape index (κ1) is 16.5. The molecular formula is C17H24N2O3. The van der Waals surface area contributed by atoms with E-state index in [0.29, 0.717) is 24.5 Å². The minimum atomic E-state index is -0.0957. The van der Waals surface area contributed by atoms with Gasteiger partial charge in [-0.2, -0.15) is 0 Å². The molecule has 1 aliphatic rings. The van der Waals surface area contributed by atoms with Crippen LogP contribution in [0.4, 0.5) is 0 Å². The van der Waals surface area contributed by atoms with E-state index in [9.17, 15) is 4.79 Å². The van der Waals surface area contributed by atoms with E-state index in [2.05, 4.69) is 16.8 Å². The molecule has 0 unspecified atom stereocenters. The maximum atomic E-state index is 12.2. The average molecular weight is 304 g/mol. The van der Waals surface area contributed by atoms with Gasteiger partial charge in [0.25, 0.3) is 5.91 Å². The first-order valence-corrected chi connectivity index (χ1v) is 7.72. The number of hydrogen-bond donors (Lipinski definition) is 1. The number of hydrogen-bond acceptors (Lipinski definition) is 4. The number of nitrogens with one attached hydrogen (secondary N) is 1. The van der Waals surface area contributed by atoms with Gasteiger partial charge in [0.2, 0.25) is 0 Å². The van der Waals surface area contributed by atoms with Crippen molar-refractivity contribution in [3.8, 4) is 5.75 Å². The van der Waals surface area contributed by atoms with Crippen LogP contribution in [-0.2, 0) is 4.74 Å². The highest BCUT2D eigenvalue weighted by molar-refractivity contribution is 5.96. The Morgan fingerprint density at radius 2 is 2.14 bits per heavy atom. The highest BCUT2D eigenvalue weighted by Gasteiger charge is 2.12. The molecule has 0 aliphatic carbocycles. The molecular weight excluding hydrogens is 280 g/mol. The Bertz CT molecular complexity index is 485. The van der Waals surface area contributed by atoms with Gasteiger partial charge in [-0.25, -0.2) is 0 Å². The minimum absolute atomic E-state index is 0.0957. The summed E-state index contributed by atoms with van der Waals surface area (Å²) in [5.41, 5.74) is 0.565. The summed E-state index contributed by atoms with van der Waals surface area (Å²) in [4.78, 5) is 14.6. The van der Waals surface area contributed by atoms with Crippen LogP contribution in [0.5, 0.6) is 5.75 Å². The molecule has 1 amide bonds. The predicted octanol–water partition coefficient (Wildman–Crippen LogP) is 1.70. The fourth-order valence-electron chi connectivity index (χ4n) is 2.35. The monoisotopic (exact) mass is 304 g/mol. The van der Waals surface area contributed by atoms with E-state index >= 15 is 0 Å². The SMILES string of the molecule is C=CCOc1ccccc1C(=O)NCCCN1CCOCC1. The second-order valence-electron chi connectivity index (χ2n) is 5.16. The molecule has 5 heteroatoms. The van der Waals surface area contributed by atoms with Crippen LogP contribution in [0.1, 0.15) is 16.8 Å². The molecule has 22 heavy (non-hydrogen) atoms. The van der Waals surface area contributed by atoms with Crippen molar-refractivity contribution in [2.45, 2.75) is 6.42 Å². The van der Waals surface area contributed by atoms with E-state index < -0.39 is 0 Å². The zero-order valence-corrected chi connectivity index (χ0v) is 12.9. The van der Waals surface area contributed by atoms with Crippen molar-refractivity contribution < 1.29 is 14.3 Å². The van der Waals surface area contributed by atoms with E-state index in [1.165, 1.54) is 0 Å². The third-order valence-corrected chi connectivity index (χ3v) is 3.53. The quantitative estimate of drug-likeness (QED) is 0.587. The molecule has 0 aromatic heterocycles. The largest absolute Gasteiger partial charge is 0.489 e. The molecule has 120 valence electrons. The van der Waals surface area contributed by atoms with Gasteiger partial charge in [0.05, 0.1) is 18.8 Å². The highest BCUT2D eigenvalue weighted by Crippen LogP contribution is 2.17. The van der Waals surface area contributed by atoms with Gasteiger partial charge < -0.3 is 14.8 Å². The second kappa shape index (κ2) is 9.23. The van der Waals surface area contributed by atoms with E-state index in [0.717, 1.165) is 39.3 Å². The van der Waals surface area contributed by atoms with Crippen LogP contribution in [-0.4, -0.2) is 56.8 Å². The van der Waals surface area contributed by atoms with Crippen LogP contribution in [0.15, 0.2) is 36.9 Å². The van der Waals surface area contributed by atoms with E-state index in [-0.39, 0.29) is 5.91 Å². The van der Waals surface area contributed by atoms with E-state index in [4.69, 9.17) is 9.47 Å². The van der Waals surface area contributed by atoms with Crippen molar-refractivity contribution in [3.05, 3.63) is 42.5 Å². The molecule has 2 rings (SSSR count). The summed E-state index contributed by atoms with van der Waals surface area (Å²) in [7, 11) is 0. The molecule has 0 radical (unpaired) electrons. The molecule has 1 aromatic rings. The Balaban J connectivity index is 1.75. The van der Waals surface area contributed by atoms with Gasteiger partial charge in [-0.15, -0.1) is 0 Å². The van der Waals surface area contributed by atoms with Crippen molar-refractivity contribution in [1.82, 2.24) is 10.2 Å². The van der Waals surface area contributed by atoms with Gasteiger partial charge in [-0.3, -0.25) is 9.69 Å². The number of carbonyl (C=O) groups is 1. The van der Waals surface area contributed by atoms with Crippen molar-refractivity contribution >= 4 is 5.91 Å². The molecule has 5 nitrogen and oxygen atoms in total. The van der Waals surface area contributed by atoms with Gasteiger partial charge in [0, 0.05) is 19.6 Å². The Kier molecular flexibility index (Phi) is 6.93. The van der Waals surface area contributed by atoms with Crippen LogP contribution in [0, 0.1) is 0 Å². The summed E-state index contributed by atoms with van der Waals surface area (Å²) in [5, 5.41) is 2.95. The normalized spacial score (nSPS) is 15.3. The summed E-state index contributed by atoms with van der Waals surface area (Å²) in [6.45, 7) is 9.22. The lowest BCUT2D eigenvalue weighted by Crippen LogP contribution is -2.38. The zero-order valence-electron chi connectivity index (χ0n) is 12.9. The number of carbonyl (C=O) groups excluding carboxylic acids is 1. The molecule has 1 fully saturated rings. The third kappa shape index (κ3) is 5.16. The number of para-hydroxylation sites is 1. The standard InChI is InChI=1S/C17H24N2O3/c1-2-12-22-16-7-4-3-6-15(16)17(20)18-8-5-9-19-10-13-21-14-11-19/h2-4,6-7H,1,5,8-14H2,(H,18,20). The lowest BCUT2D eigenvalue weighted by Gasteiger charge is -2.26. The highest BCUT2D eigenvalue weighted by atomic mass is 16.5. The number of nitrogens with zero attached hydrogens (tertiary/aromatic N) is 1.